The summed E-state index contributed by atoms with van der Waals surface area (Å²) in [5.74, 6) is -1.07. The van der Waals surface area contributed by atoms with Crippen LogP contribution < -0.4 is 10.2 Å². The van der Waals surface area contributed by atoms with E-state index in [0.29, 0.717) is 17.1 Å². The second kappa shape index (κ2) is 11.9. The van der Waals surface area contributed by atoms with Crippen molar-refractivity contribution >= 4 is 53.3 Å². The number of anilines is 1. The molecule has 2 aromatic carbocycles. The number of methoxy groups -OCH3 is 1. The molecule has 0 radical (unpaired) electrons. The number of hydrogen-bond donors (Lipinski definition) is 1. The molecule has 0 bridgehead atoms. The van der Waals surface area contributed by atoms with Crippen molar-refractivity contribution < 1.29 is 23.9 Å². The molecule has 3 rings (SSSR count). The minimum absolute atomic E-state index is 0.0163. The molecule has 1 aliphatic heterocycles. The van der Waals surface area contributed by atoms with Gasteiger partial charge < -0.3 is 14.5 Å². The molecule has 37 heavy (non-hydrogen) atoms. The summed E-state index contributed by atoms with van der Waals surface area (Å²) in [6.45, 7) is 3.50. The highest BCUT2D eigenvalue weighted by molar-refractivity contribution is 6.30. The Hall–Kier alpha value is -3.92. The number of esters is 1. The van der Waals surface area contributed by atoms with E-state index < -0.39 is 24.0 Å². The van der Waals surface area contributed by atoms with Crippen molar-refractivity contribution in [3.63, 3.8) is 0 Å². The van der Waals surface area contributed by atoms with Crippen molar-refractivity contribution in [1.29, 1.82) is 0 Å². The van der Waals surface area contributed by atoms with Crippen LogP contribution in [0, 0.1) is 5.92 Å². The van der Waals surface area contributed by atoms with Gasteiger partial charge in [-0.25, -0.2) is 9.79 Å². The van der Waals surface area contributed by atoms with Crippen molar-refractivity contribution in [2.45, 2.75) is 32.9 Å². The second-order valence-electron chi connectivity index (χ2n) is 8.83. The quantitative estimate of drug-likeness (QED) is 0.257. The van der Waals surface area contributed by atoms with Crippen LogP contribution in [0.3, 0.4) is 0 Å². The molecule has 2 aromatic rings. The summed E-state index contributed by atoms with van der Waals surface area (Å²) < 4.78 is 4.79. The SMILES string of the molecule is COC(=O)[C@H](C)C(C)N(C)C(=O)NC(=Nc1ccc2c(c1)CC(=O)N2C)N(C=O)Cc1ccc(Cl)cc1. The Bertz CT molecular complexity index is 1220. The molecule has 0 spiro atoms. The minimum atomic E-state index is -0.580. The number of halogens is 1. The Morgan fingerprint density at radius 2 is 1.89 bits per heavy atom. The second-order valence-corrected chi connectivity index (χ2v) is 9.27. The lowest BCUT2D eigenvalue weighted by atomic mass is 10.0. The molecule has 10 nitrogen and oxygen atoms in total. The van der Waals surface area contributed by atoms with Crippen LogP contribution in [0.2, 0.25) is 5.02 Å². The highest BCUT2D eigenvalue weighted by Crippen LogP contribution is 2.31. The fraction of sp³-hybridized carbons (Fsp3) is 0.346. The van der Waals surface area contributed by atoms with Crippen molar-refractivity contribution in [1.82, 2.24) is 15.1 Å². The van der Waals surface area contributed by atoms with Crippen molar-refractivity contribution in [2.75, 3.05) is 26.1 Å². The van der Waals surface area contributed by atoms with E-state index in [4.69, 9.17) is 16.3 Å². The van der Waals surface area contributed by atoms with Crippen molar-refractivity contribution in [3.8, 4) is 0 Å². The molecule has 1 aliphatic rings. The fourth-order valence-corrected chi connectivity index (χ4v) is 3.97. The van der Waals surface area contributed by atoms with Crippen LogP contribution in [0.5, 0.6) is 0 Å². The minimum Gasteiger partial charge on any atom is -0.469 e. The summed E-state index contributed by atoms with van der Waals surface area (Å²) in [7, 11) is 4.53. The molecule has 0 aliphatic carbocycles. The maximum Gasteiger partial charge on any atom is 0.324 e. The number of rotatable bonds is 7. The van der Waals surface area contributed by atoms with E-state index in [-0.39, 0.29) is 24.8 Å². The number of fused-ring (bicyclic) bond motifs is 1. The highest BCUT2D eigenvalue weighted by atomic mass is 35.5. The van der Waals surface area contributed by atoms with Gasteiger partial charge in [0.25, 0.3) is 0 Å². The molecule has 1 N–H and O–H groups in total. The molecule has 2 atom stereocenters. The standard InChI is InChI=1S/C26H30ClN5O5/c1-16(24(35)37-5)17(2)30(3)26(36)29-25(32(15-33)14-18-6-8-20(27)9-7-18)28-21-10-11-22-19(12-21)13-23(34)31(22)4/h6-12,15-17H,13-14H2,1-5H3,(H,28,29,36)/t16-,17?/m1/s1. The monoisotopic (exact) mass is 527 g/mol. The van der Waals surface area contributed by atoms with Crippen LogP contribution in [-0.4, -0.2) is 67.3 Å². The first-order valence-corrected chi connectivity index (χ1v) is 12.0. The topological polar surface area (TPSA) is 112 Å². The first-order valence-electron chi connectivity index (χ1n) is 11.6. The van der Waals surface area contributed by atoms with Gasteiger partial charge in [0, 0.05) is 30.8 Å². The number of urea groups is 1. The number of nitrogens with one attached hydrogen (secondary N) is 1. The van der Waals surface area contributed by atoms with Gasteiger partial charge in [-0.3, -0.25) is 24.6 Å². The first-order chi connectivity index (χ1) is 17.5. The number of carbonyl (C=O) groups is 4. The van der Waals surface area contributed by atoms with E-state index in [1.807, 2.05) is 0 Å². The van der Waals surface area contributed by atoms with Crippen LogP contribution in [-0.2, 0) is 32.1 Å². The molecule has 1 heterocycles. The summed E-state index contributed by atoms with van der Waals surface area (Å²) >= 11 is 5.98. The van der Waals surface area contributed by atoms with Crippen LogP contribution in [0.4, 0.5) is 16.2 Å². The van der Waals surface area contributed by atoms with Crippen LogP contribution in [0.1, 0.15) is 25.0 Å². The molecule has 196 valence electrons. The Morgan fingerprint density at radius 3 is 2.51 bits per heavy atom. The Morgan fingerprint density at radius 1 is 1.22 bits per heavy atom. The number of ether oxygens (including phenoxy) is 1. The lowest BCUT2D eigenvalue weighted by Gasteiger charge is -2.30. The zero-order chi connectivity index (χ0) is 27.3. The normalized spacial score (nSPS) is 14.5. The number of guanidine groups is 1. The summed E-state index contributed by atoms with van der Waals surface area (Å²) in [6.07, 6.45) is 0.809. The van der Waals surface area contributed by atoms with Gasteiger partial charge >= 0.3 is 12.0 Å². The molecule has 0 aromatic heterocycles. The smallest absolute Gasteiger partial charge is 0.324 e. The maximum atomic E-state index is 13.2. The molecule has 0 fully saturated rings. The predicted octanol–water partition coefficient (Wildman–Crippen LogP) is 3.34. The zero-order valence-corrected chi connectivity index (χ0v) is 22.2. The van der Waals surface area contributed by atoms with E-state index in [9.17, 15) is 19.2 Å². The first kappa shape index (κ1) is 27.7. The summed E-state index contributed by atoms with van der Waals surface area (Å²) in [4.78, 5) is 58.1. The van der Waals surface area contributed by atoms with Crippen LogP contribution in [0.15, 0.2) is 47.5 Å². The maximum absolute atomic E-state index is 13.2. The molecule has 0 saturated carbocycles. The summed E-state index contributed by atoms with van der Waals surface area (Å²) in [5, 5.41) is 3.25. The number of benzene rings is 2. The number of carbonyl (C=O) groups excluding carboxylic acids is 4. The highest BCUT2D eigenvalue weighted by Gasteiger charge is 2.29. The summed E-state index contributed by atoms with van der Waals surface area (Å²) in [6, 6.07) is 11.1. The van der Waals surface area contributed by atoms with Gasteiger partial charge in [0.05, 0.1) is 31.7 Å². The van der Waals surface area contributed by atoms with E-state index >= 15 is 0 Å². The number of hydrogen-bond acceptors (Lipinski definition) is 6. The zero-order valence-electron chi connectivity index (χ0n) is 21.4. The van der Waals surface area contributed by atoms with Crippen molar-refractivity contribution in [3.05, 3.63) is 58.6 Å². The van der Waals surface area contributed by atoms with Gasteiger partial charge in [-0.15, -0.1) is 0 Å². The Balaban J connectivity index is 1.93. The molecule has 4 amide bonds. The molecule has 1 unspecified atom stereocenters. The van der Waals surface area contributed by atoms with Gasteiger partial charge in [0.15, 0.2) is 0 Å². The molecular weight excluding hydrogens is 498 g/mol. The number of likely N-dealkylation sites (N-methyl/N-ethyl adjacent to an activating group) is 1. The average molecular weight is 528 g/mol. The lowest BCUT2D eigenvalue weighted by Crippen LogP contribution is -2.51. The van der Waals surface area contributed by atoms with Gasteiger partial charge in [-0.05, 0) is 55.3 Å². The third-order valence-electron chi connectivity index (χ3n) is 6.49. The molecule has 11 heteroatoms. The average Bonchev–Trinajstić information content (AvgIpc) is 3.18. The number of aliphatic imine (C=N–C) groups is 1. The fourth-order valence-electron chi connectivity index (χ4n) is 3.85. The molecule has 0 saturated heterocycles. The van der Waals surface area contributed by atoms with Gasteiger partial charge in [0.2, 0.25) is 18.3 Å². The van der Waals surface area contributed by atoms with E-state index in [1.165, 1.54) is 16.9 Å². The van der Waals surface area contributed by atoms with Gasteiger partial charge in [0.1, 0.15) is 0 Å². The Kier molecular flexibility index (Phi) is 8.88. The third-order valence-corrected chi connectivity index (χ3v) is 6.74. The lowest BCUT2D eigenvalue weighted by molar-refractivity contribution is -0.146. The van der Waals surface area contributed by atoms with E-state index in [2.05, 4.69) is 10.3 Å². The van der Waals surface area contributed by atoms with Crippen molar-refractivity contribution in [2.24, 2.45) is 10.9 Å². The van der Waals surface area contributed by atoms with Gasteiger partial charge in [-0.2, -0.15) is 0 Å². The largest absolute Gasteiger partial charge is 0.469 e. The van der Waals surface area contributed by atoms with Gasteiger partial charge in [-0.1, -0.05) is 23.7 Å². The van der Waals surface area contributed by atoms with Crippen LogP contribution in [0.25, 0.3) is 0 Å². The van der Waals surface area contributed by atoms with E-state index in [1.54, 1.807) is 75.3 Å². The number of amides is 4. The molecular formula is C26H30ClN5O5. The predicted molar refractivity (Wildman–Crippen MR) is 141 cm³/mol. The number of nitrogens with zero attached hydrogens (tertiary/aromatic N) is 4. The van der Waals surface area contributed by atoms with E-state index in [0.717, 1.165) is 16.8 Å². The third kappa shape index (κ3) is 6.45. The van der Waals surface area contributed by atoms with Crippen LogP contribution >= 0.6 is 11.6 Å². The summed E-state index contributed by atoms with van der Waals surface area (Å²) in [5.41, 5.74) is 2.81. The Labute approximate surface area is 220 Å².